The zero-order valence-corrected chi connectivity index (χ0v) is 4.99. The van der Waals surface area contributed by atoms with Crippen molar-refractivity contribution in [2.24, 2.45) is 0 Å². The molecule has 0 aliphatic heterocycles. The van der Waals surface area contributed by atoms with Crippen molar-refractivity contribution in [2.45, 2.75) is 6.92 Å². The maximum Gasteiger partial charge on any atom is 0.214 e. The highest BCUT2D eigenvalue weighted by Crippen LogP contribution is 1.97. The van der Waals surface area contributed by atoms with E-state index in [1.165, 1.54) is 0 Å². The number of rotatable bonds is 2. The van der Waals surface area contributed by atoms with Crippen LogP contribution in [0.15, 0.2) is 0 Å². The Bertz CT molecular complexity index is 62.7. The minimum absolute atomic E-state index is 0.150. The van der Waals surface area contributed by atoms with Gasteiger partial charge in [0.25, 0.3) is 0 Å². The summed E-state index contributed by atoms with van der Waals surface area (Å²) in [5, 5.41) is 7.95. The van der Waals surface area contributed by atoms with Gasteiger partial charge in [0.2, 0.25) is 5.12 Å². The Hall–Kier alpha value is -0.0200. The van der Waals surface area contributed by atoms with Crippen LogP contribution in [0.1, 0.15) is 6.92 Å². The minimum Gasteiger partial charge on any atom is -0.388 e. The SMILES string of the molecule is CCSC(=O)CO. The van der Waals surface area contributed by atoms with Gasteiger partial charge in [-0.05, 0) is 5.75 Å². The molecule has 0 rings (SSSR count). The first-order valence-corrected chi connectivity index (χ1v) is 3.06. The molecule has 0 fully saturated rings. The van der Waals surface area contributed by atoms with Crippen LogP contribution in [0.2, 0.25) is 0 Å². The first kappa shape index (κ1) is 6.98. The Morgan fingerprint density at radius 2 is 2.43 bits per heavy atom. The van der Waals surface area contributed by atoms with Crippen LogP contribution in [0.5, 0.6) is 0 Å². The summed E-state index contributed by atoms with van der Waals surface area (Å²) in [6.45, 7) is 1.54. The maximum atomic E-state index is 10.1. The molecular weight excluding hydrogens is 112 g/mol. The number of hydrogen-bond acceptors (Lipinski definition) is 3. The Labute approximate surface area is 46.9 Å². The molecule has 1 N–H and O–H groups in total. The van der Waals surface area contributed by atoms with Crippen molar-refractivity contribution in [3.05, 3.63) is 0 Å². The maximum absolute atomic E-state index is 10.1. The van der Waals surface area contributed by atoms with Crippen molar-refractivity contribution in [1.29, 1.82) is 0 Å². The van der Waals surface area contributed by atoms with Crippen molar-refractivity contribution in [2.75, 3.05) is 12.4 Å². The van der Waals surface area contributed by atoms with Crippen LogP contribution in [-0.4, -0.2) is 22.6 Å². The highest BCUT2D eigenvalue weighted by Gasteiger charge is 1.93. The predicted octanol–water partition coefficient (Wildman–Crippen LogP) is 0.258. The van der Waals surface area contributed by atoms with Crippen LogP contribution in [-0.2, 0) is 4.79 Å². The van der Waals surface area contributed by atoms with Crippen molar-refractivity contribution < 1.29 is 9.90 Å². The van der Waals surface area contributed by atoms with Crippen molar-refractivity contribution in [1.82, 2.24) is 0 Å². The van der Waals surface area contributed by atoms with E-state index in [4.69, 9.17) is 5.11 Å². The fraction of sp³-hybridized carbons (Fsp3) is 0.750. The summed E-state index contributed by atoms with van der Waals surface area (Å²) in [5.74, 6) is 0.749. The lowest BCUT2D eigenvalue weighted by Crippen LogP contribution is -1.96. The van der Waals surface area contributed by atoms with Crippen LogP contribution in [0.25, 0.3) is 0 Å². The lowest BCUT2D eigenvalue weighted by Gasteiger charge is -1.86. The van der Waals surface area contributed by atoms with E-state index in [-0.39, 0.29) is 11.7 Å². The molecule has 0 aromatic carbocycles. The van der Waals surface area contributed by atoms with E-state index >= 15 is 0 Å². The quantitative estimate of drug-likeness (QED) is 0.568. The third kappa shape index (κ3) is 3.82. The van der Waals surface area contributed by atoms with E-state index in [1.807, 2.05) is 6.92 Å². The van der Waals surface area contributed by atoms with E-state index < -0.39 is 0 Å². The van der Waals surface area contributed by atoms with E-state index in [9.17, 15) is 4.79 Å². The summed E-state index contributed by atoms with van der Waals surface area (Å²) in [5.41, 5.74) is 0. The largest absolute Gasteiger partial charge is 0.388 e. The van der Waals surface area contributed by atoms with E-state index in [0.29, 0.717) is 0 Å². The lowest BCUT2D eigenvalue weighted by molar-refractivity contribution is -0.113. The Morgan fingerprint density at radius 1 is 1.86 bits per heavy atom. The number of hydrogen-bond donors (Lipinski definition) is 1. The normalized spacial score (nSPS) is 8.86. The fourth-order valence-electron chi connectivity index (χ4n) is 0.207. The molecule has 42 valence electrons. The van der Waals surface area contributed by atoms with Gasteiger partial charge in [-0.1, -0.05) is 18.7 Å². The molecule has 0 saturated carbocycles. The second-order valence-corrected chi connectivity index (χ2v) is 2.28. The smallest absolute Gasteiger partial charge is 0.214 e. The summed E-state index contributed by atoms with van der Waals surface area (Å²) in [6, 6.07) is 0. The van der Waals surface area contributed by atoms with E-state index in [1.54, 1.807) is 0 Å². The minimum atomic E-state index is -0.335. The van der Waals surface area contributed by atoms with Gasteiger partial charge in [-0.2, -0.15) is 0 Å². The third-order valence-corrected chi connectivity index (χ3v) is 1.17. The number of thioether (sulfide) groups is 1. The van der Waals surface area contributed by atoms with Crippen LogP contribution in [0.3, 0.4) is 0 Å². The van der Waals surface area contributed by atoms with Crippen molar-refractivity contribution in [3.8, 4) is 0 Å². The fourth-order valence-corrected chi connectivity index (χ4v) is 0.620. The summed E-state index contributed by atoms with van der Waals surface area (Å²) < 4.78 is 0. The first-order valence-electron chi connectivity index (χ1n) is 2.07. The highest BCUT2D eigenvalue weighted by atomic mass is 32.2. The van der Waals surface area contributed by atoms with Crippen LogP contribution in [0, 0.1) is 0 Å². The van der Waals surface area contributed by atoms with E-state index in [0.717, 1.165) is 17.5 Å². The highest BCUT2D eigenvalue weighted by molar-refractivity contribution is 8.13. The summed E-state index contributed by atoms with van der Waals surface area (Å²) in [7, 11) is 0. The Morgan fingerprint density at radius 3 is 2.57 bits per heavy atom. The molecule has 3 heteroatoms. The van der Waals surface area contributed by atoms with Gasteiger partial charge in [0, 0.05) is 0 Å². The molecule has 0 amide bonds. The molecule has 7 heavy (non-hydrogen) atoms. The average Bonchev–Trinajstić information content (AvgIpc) is 1.68. The van der Waals surface area contributed by atoms with Gasteiger partial charge >= 0.3 is 0 Å². The van der Waals surface area contributed by atoms with Gasteiger partial charge < -0.3 is 5.11 Å². The monoisotopic (exact) mass is 120 g/mol. The average molecular weight is 120 g/mol. The van der Waals surface area contributed by atoms with Crippen molar-refractivity contribution in [3.63, 3.8) is 0 Å². The van der Waals surface area contributed by atoms with Gasteiger partial charge in [-0.25, -0.2) is 0 Å². The molecular formula is C4H8O2S. The molecule has 0 atom stereocenters. The van der Waals surface area contributed by atoms with Crippen molar-refractivity contribution >= 4 is 16.9 Å². The Kier molecular flexibility index (Phi) is 4.14. The lowest BCUT2D eigenvalue weighted by atomic mass is 10.8. The molecule has 0 aromatic heterocycles. The molecule has 0 unspecified atom stereocenters. The zero-order chi connectivity index (χ0) is 5.70. The van der Waals surface area contributed by atoms with Crippen LogP contribution in [0.4, 0.5) is 0 Å². The summed E-state index contributed by atoms with van der Waals surface area (Å²) >= 11 is 1.14. The number of aliphatic hydroxyl groups excluding tert-OH is 1. The molecule has 0 radical (unpaired) electrons. The van der Waals surface area contributed by atoms with Gasteiger partial charge in [0.1, 0.15) is 6.61 Å². The Balaban J connectivity index is 3.00. The van der Waals surface area contributed by atoms with Gasteiger partial charge in [-0.15, -0.1) is 0 Å². The molecule has 2 nitrogen and oxygen atoms in total. The zero-order valence-electron chi connectivity index (χ0n) is 4.18. The van der Waals surface area contributed by atoms with Gasteiger partial charge in [0.15, 0.2) is 0 Å². The van der Waals surface area contributed by atoms with Gasteiger partial charge in [0.05, 0.1) is 0 Å². The molecule has 0 spiro atoms. The van der Waals surface area contributed by atoms with Crippen LogP contribution >= 0.6 is 11.8 Å². The molecule has 0 heterocycles. The standard InChI is InChI=1S/C4H8O2S/c1-2-7-4(6)3-5/h5H,2-3H2,1H3. The second-order valence-electron chi connectivity index (χ2n) is 0.963. The number of aliphatic hydroxyl groups is 1. The second kappa shape index (κ2) is 4.15. The number of carbonyl (C=O) groups is 1. The van der Waals surface area contributed by atoms with Gasteiger partial charge in [-0.3, -0.25) is 4.79 Å². The molecule has 0 bridgehead atoms. The molecule has 0 saturated heterocycles. The third-order valence-electron chi connectivity index (χ3n) is 0.434. The molecule has 0 aliphatic rings. The van der Waals surface area contributed by atoms with E-state index in [2.05, 4.69) is 0 Å². The topological polar surface area (TPSA) is 37.3 Å². The van der Waals surface area contributed by atoms with Crippen LogP contribution < -0.4 is 0 Å². The number of carbonyl (C=O) groups excluding carboxylic acids is 1. The summed E-state index contributed by atoms with van der Waals surface area (Å²) in [4.78, 5) is 10.1. The first-order chi connectivity index (χ1) is 3.31. The predicted molar refractivity (Wildman–Crippen MR) is 30.2 cm³/mol. The summed E-state index contributed by atoms with van der Waals surface area (Å²) in [6.07, 6.45) is 0. The molecule has 0 aromatic rings. The molecule has 0 aliphatic carbocycles.